The molecule has 0 bridgehead atoms. The predicted molar refractivity (Wildman–Crippen MR) is 120 cm³/mol. The SMILES string of the molecule is CSc1ccc(F)cc1CNC(=O)c1cccc(NC(=O)c2ccc3nc[nH]c3c2)c1. The Morgan fingerprint density at radius 2 is 1.87 bits per heavy atom. The Kier molecular flexibility index (Phi) is 5.99. The van der Waals surface area contributed by atoms with Crippen LogP contribution in [0.2, 0.25) is 0 Å². The van der Waals surface area contributed by atoms with Gasteiger partial charge < -0.3 is 15.6 Å². The molecule has 0 aliphatic heterocycles. The number of aromatic amines is 1. The van der Waals surface area contributed by atoms with Crippen LogP contribution in [0.5, 0.6) is 0 Å². The van der Waals surface area contributed by atoms with Crippen molar-refractivity contribution in [3.05, 3.63) is 89.5 Å². The first kappa shape index (κ1) is 20.6. The highest BCUT2D eigenvalue weighted by molar-refractivity contribution is 7.98. The Balaban J connectivity index is 1.44. The highest BCUT2D eigenvalue weighted by Gasteiger charge is 2.11. The Morgan fingerprint density at radius 1 is 1.03 bits per heavy atom. The minimum atomic E-state index is -0.347. The fraction of sp³-hybridized carbons (Fsp3) is 0.0870. The standard InChI is InChI=1S/C23H19FN4O2S/c1-31-21-8-6-17(24)9-16(21)12-25-22(29)14-3-2-4-18(10-14)28-23(30)15-5-7-19-20(11-15)27-13-26-19/h2-11,13H,12H2,1H3,(H,25,29)(H,26,27)(H,28,30). The molecule has 0 saturated carbocycles. The quantitative estimate of drug-likeness (QED) is 0.387. The summed E-state index contributed by atoms with van der Waals surface area (Å²) >= 11 is 1.49. The van der Waals surface area contributed by atoms with Gasteiger partial charge >= 0.3 is 0 Å². The zero-order valence-corrected chi connectivity index (χ0v) is 17.4. The van der Waals surface area contributed by atoms with Gasteiger partial charge in [-0.3, -0.25) is 9.59 Å². The van der Waals surface area contributed by atoms with Crippen molar-refractivity contribution in [2.24, 2.45) is 0 Å². The summed E-state index contributed by atoms with van der Waals surface area (Å²) in [7, 11) is 0. The Morgan fingerprint density at radius 3 is 2.71 bits per heavy atom. The number of rotatable bonds is 6. The fourth-order valence-electron chi connectivity index (χ4n) is 3.18. The number of thioether (sulfide) groups is 1. The van der Waals surface area contributed by atoms with E-state index in [-0.39, 0.29) is 24.2 Å². The van der Waals surface area contributed by atoms with Gasteiger partial charge in [0.05, 0.1) is 17.4 Å². The Labute approximate surface area is 182 Å². The number of carbonyl (C=O) groups is 2. The third-order valence-corrected chi connectivity index (χ3v) is 5.59. The van der Waals surface area contributed by atoms with Crippen molar-refractivity contribution in [1.29, 1.82) is 0 Å². The summed E-state index contributed by atoms with van der Waals surface area (Å²) in [5.41, 5.74) is 3.62. The van der Waals surface area contributed by atoms with Gasteiger partial charge in [-0.2, -0.15) is 0 Å². The van der Waals surface area contributed by atoms with Crippen molar-refractivity contribution in [3.8, 4) is 0 Å². The largest absolute Gasteiger partial charge is 0.348 e. The van der Waals surface area contributed by atoms with Crippen LogP contribution in [0.25, 0.3) is 11.0 Å². The molecule has 4 rings (SSSR count). The van der Waals surface area contributed by atoms with E-state index in [4.69, 9.17) is 0 Å². The highest BCUT2D eigenvalue weighted by Crippen LogP contribution is 2.21. The second kappa shape index (κ2) is 9.01. The normalized spacial score (nSPS) is 10.8. The molecule has 6 nitrogen and oxygen atoms in total. The van der Waals surface area contributed by atoms with E-state index in [2.05, 4.69) is 20.6 Å². The number of H-pyrrole nitrogens is 1. The first-order chi connectivity index (χ1) is 15.0. The number of halogens is 1. The third kappa shape index (κ3) is 4.75. The van der Waals surface area contributed by atoms with E-state index in [1.807, 2.05) is 6.26 Å². The molecule has 0 aliphatic rings. The molecule has 4 aromatic rings. The molecule has 0 saturated heterocycles. The van der Waals surface area contributed by atoms with Crippen LogP contribution in [0, 0.1) is 5.82 Å². The van der Waals surface area contributed by atoms with Crippen LogP contribution in [0.1, 0.15) is 26.3 Å². The van der Waals surface area contributed by atoms with Gasteiger partial charge in [0, 0.05) is 28.3 Å². The van der Waals surface area contributed by atoms with Gasteiger partial charge in [-0.05, 0) is 66.4 Å². The number of benzene rings is 3. The van der Waals surface area contributed by atoms with Crippen molar-refractivity contribution < 1.29 is 14.0 Å². The molecule has 0 atom stereocenters. The van der Waals surface area contributed by atoms with Crippen LogP contribution in [-0.4, -0.2) is 28.0 Å². The molecule has 1 aromatic heterocycles. The van der Waals surface area contributed by atoms with Gasteiger partial charge in [0.25, 0.3) is 11.8 Å². The van der Waals surface area contributed by atoms with Gasteiger partial charge in [0.15, 0.2) is 0 Å². The minimum Gasteiger partial charge on any atom is -0.348 e. The molecule has 8 heteroatoms. The van der Waals surface area contributed by atoms with E-state index < -0.39 is 0 Å². The molecular formula is C23H19FN4O2S. The molecule has 156 valence electrons. The predicted octanol–water partition coefficient (Wildman–Crippen LogP) is 4.61. The van der Waals surface area contributed by atoms with Crippen LogP contribution in [0.15, 0.2) is 71.9 Å². The maximum absolute atomic E-state index is 13.5. The van der Waals surface area contributed by atoms with Crippen molar-refractivity contribution in [3.63, 3.8) is 0 Å². The lowest BCUT2D eigenvalue weighted by Gasteiger charge is -2.11. The molecule has 0 aliphatic carbocycles. The maximum Gasteiger partial charge on any atom is 0.255 e. The zero-order chi connectivity index (χ0) is 21.8. The summed E-state index contributed by atoms with van der Waals surface area (Å²) < 4.78 is 13.5. The number of carbonyl (C=O) groups excluding carboxylic acids is 2. The number of fused-ring (bicyclic) bond motifs is 1. The lowest BCUT2D eigenvalue weighted by molar-refractivity contribution is 0.0949. The molecule has 0 radical (unpaired) electrons. The van der Waals surface area contributed by atoms with Crippen LogP contribution >= 0.6 is 11.8 Å². The summed E-state index contributed by atoms with van der Waals surface area (Å²) in [6.45, 7) is 0.202. The van der Waals surface area contributed by atoms with E-state index in [1.165, 1.54) is 23.9 Å². The molecule has 3 N–H and O–H groups in total. The summed E-state index contributed by atoms with van der Waals surface area (Å²) in [6, 6.07) is 16.3. The number of anilines is 1. The van der Waals surface area contributed by atoms with E-state index in [1.54, 1.807) is 54.9 Å². The second-order valence-corrected chi connectivity index (χ2v) is 7.66. The number of hydrogen-bond donors (Lipinski definition) is 3. The number of amides is 2. The molecule has 0 spiro atoms. The van der Waals surface area contributed by atoms with Crippen LogP contribution in [-0.2, 0) is 6.54 Å². The van der Waals surface area contributed by atoms with Gasteiger partial charge in [-0.25, -0.2) is 9.37 Å². The molecule has 2 amide bonds. The monoisotopic (exact) mass is 434 g/mol. The first-order valence-corrected chi connectivity index (χ1v) is 10.7. The zero-order valence-electron chi connectivity index (χ0n) is 16.6. The number of hydrogen-bond acceptors (Lipinski definition) is 4. The van der Waals surface area contributed by atoms with Crippen molar-refractivity contribution in [2.75, 3.05) is 11.6 Å². The molecule has 31 heavy (non-hydrogen) atoms. The van der Waals surface area contributed by atoms with Crippen molar-refractivity contribution in [2.45, 2.75) is 11.4 Å². The summed E-state index contributed by atoms with van der Waals surface area (Å²) in [4.78, 5) is 33.2. The van der Waals surface area contributed by atoms with Gasteiger partial charge in [-0.15, -0.1) is 11.8 Å². The Hall–Kier alpha value is -3.65. The minimum absolute atomic E-state index is 0.202. The smallest absolute Gasteiger partial charge is 0.255 e. The molecule has 1 heterocycles. The average molecular weight is 434 g/mol. The van der Waals surface area contributed by atoms with Gasteiger partial charge in [-0.1, -0.05) is 6.07 Å². The van der Waals surface area contributed by atoms with E-state index in [9.17, 15) is 14.0 Å². The molecule has 3 aromatic carbocycles. The summed E-state index contributed by atoms with van der Waals surface area (Å²) in [5.74, 6) is -0.954. The summed E-state index contributed by atoms with van der Waals surface area (Å²) in [5, 5.41) is 5.61. The van der Waals surface area contributed by atoms with E-state index >= 15 is 0 Å². The third-order valence-electron chi connectivity index (χ3n) is 4.75. The Bertz CT molecular complexity index is 1270. The molecular weight excluding hydrogens is 415 g/mol. The lowest BCUT2D eigenvalue weighted by Crippen LogP contribution is -2.23. The second-order valence-electron chi connectivity index (χ2n) is 6.81. The van der Waals surface area contributed by atoms with Crippen LogP contribution in [0.3, 0.4) is 0 Å². The molecule has 0 fully saturated rings. The van der Waals surface area contributed by atoms with Crippen molar-refractivity contribution in [1.82, 2.24) is 15.3 Å². The average Bonchev–Trinajstić information content (AvgIpc) is 3.25. The van der Waals surface area contributed by atoms with E-state index in [0.29, 0.717) is 22.4 Å². The maximum atomic E-state index is 13.5. The first-order valence-electron chi connectivity index (χ1n) is 9.48. The van der Waals surface area contributed by atoms with Crippen molar-refractivity contribution >= 4 is 40.3 Å². The lowest BCUT2D eigenvalue weighted by atomic mass is 10.1. The fourth-order valence-corrected chi connectivity index (χ4v) is 3.78. The van der Waals surface area contributed by atoms with Gasteiger partial charge in [0.1, 0.15) is 5.82 Å². The van der Waals surface area contributed by atoms with E-state index in [0.717, 1.165) is 15.9 Å². The van der Waals surface area contributed by atoms with Crippen LogP contribution in [0.4, 0.5) is 10.1 Å². The van der Waals surface area contributed by atoms with Gasteiger partial charge in [0.2, 0.25) is 0 Å². The van der Waals surface area contributed by atoms with Crippen LogP contribution < -0.4 is 10.6 Å². The summed E-state index contributed by atoms with van der Waals surface area (Å²) in [6.07, 6.45) is 3.47. The highest BCUT2D eigenvalue weighted by atomic mass is 32.2. The number of nitrogens with zero attached hydrogens (tertiary/aromatic N) is 1. The number of imidazole rings is 1. The number of nitrogens with one attached hydrogen (secondary N) is 3. The molecule has 0 unspecified atom stereocenters. The topological polar surface area (TPSA) is 86.9 Å². The number of aromatic nitrogens is 2.